The first-order valence-electron chi connectivity index (χ1n) is 7.56. The second-order valence-corrected chi connectivity index (χ2v) is 6.66. The number of aromatic hydroxyl groups is 1. The molecule has 1 aliphatic carbocycles. The average molecular weight is 261 g/mol. The summed E-state index contributed by atoms with van der Waals surface area (Å²) in [7, 11) is 0. The molecule has 2 rings (SSSR count). The molecule has 1 aromatic carbocycles. The van der Waals surface area contributed by atoms with E-state index < -0.39 is 0 Å². The fourth-order valence-corrected chi connectivity index (χ4v) is 2.95. The molecule has 106 valence electrons. The molecular formula is C17H27NO. The van der Waals surface area contributed by atoms with Crippen LogP contribution in [0.15, 0.2) is 24.3 Å². The first kappa shape index (κ1) is 14.4. The monoisotopic (exact) mass is 261 g/mol. The van der Waals surface area contributed by atoms with Crippen LogP contribution in [0.2, 0.25) is 0 Å². The van der Waals surface area contributed by atoms with Crippen molar-refractivity contribution >= 4 is 0 Å². The maximum atomic E-state index is 9.25. The summed E-state index contributed by atoms with van der Waals surface area (Å²) in [4.78, 5) is 0. The maximum Gasteiger partial charge on any atom is 0.115 e. The van der Waals surface area contributed by atoms with Gasteiger partial charge in [-0.1, -0.05) is 32.4 Å². The maximum absolute atomic E-state index is 9.25. The van der Waals surface area contributed by atoms with Crippen molar-refractivity contribution in [2.75, 3.05) is 6.54 Å². The van der Waals surface area contributed by atoms with E-state index in [-0.39, 0.29) is 0 Å². The zero-order chi connectivity index (χ0) is 13.7. The van der Waals surface area contributed by atoms with Crippen LogP contribution in [0.4, 0.5) is 0 Å². The van der Waals surface area contributed by atoms with Crippen molar-refractivity contribution in [3.63, 3.8) is 0 Å². The lowest BCUT2D eigenvalue weighted by Gasteiger charge is -2.22. The third-order valence-corrected chi connectivity index (χ3v) is 4.36. The molecule has 1 fully saturated rings. The summed E-state index contributed by atoms with van der Waals surface area (Å²) in [6.07, 6.45) is 7.72. The van der Waals surface area contributed by atoms with Crippen molar-refractivity contribution in [2.45, 2.75) is 58.4 Å². The molecule has 0 saturated heterocycles. The van der Waals surface area contributed by atoms with Crippen LogP contribution in [-0.2, 0) is 6.42 Å². The second kappa shape index (κ2) is 6.42. The molecule has 1 atom stereocenters. The smallest absolute Gasteiger partial charge is 0.115 e. The molecule has 1 aromatic rings. The Kier molecular flexibility index (Phi) is 4.87. The van der Waals surface area contributed by atoms with Crippen LogP contribution >= 0.6 is 0 Å². The van der Waals surface area contributed by atoms with E-state index in [1.165, 1.54) is 37.7 Å². The quantitative estimate of drug-likeness (QED) is 0.806. The van der Waals surface area contributed by atoms with Crippen LogP contribution < -0.4 is 5.32 Å². The van der Waals surface area contributed by atoms with Crippen LogP contribution in [0.5, 0.6) is 5.75 Å². The molecule has 0 heterocycles. The molecule has 0 spiro atoms. The summed E-state index contributed by atoms with van der Waals surface area (Å²) in [5.41, 5.74) is 1.83. The zero-order valence-corrected chi connectivity index (χ0v) is 12.3. The fourth-order valence-electron chi connectivity index (χ4n) is 2.95. The van der Waals surface area contributed by atoms with E-state index in [1.807, 2.05) is 12.1 Å². The van der Waals surface area contributed by atoms with Crippen molar-refractivity contribution in [1.82, 2.24) is 5.32 Å². The van der Waals surface area contributed by atoms with E-state index in [0.717, 1.165) is 13.0 Å². The third-order valence-electron chi connectivity index (χ3n) is 4.36. The third kappa shape index (κ3) is 4.87. The minimum atomic E-state index is 0.350. The number of hydrogen-bond donors (Lipinski definition) is 2. The van der Waals surface area contributed by atoms with Gasteiger partial charge in [0.15, 0.2) is 0 Å². The number of phenolic OH excluding ortho intramolecular Hbond substituents is 1. The van der Waals surface area contributed by atoms with E-state index in [9.17, 15) is 5.11 Å². The van der Waals surface area contributed by atoms with Gasteiger partial charge >= 0.3 is 0 Å². The lowest BCUT2D eigenvalue weighted by molar-refractivity contribution is 0.310. The van der Waals surface area contributed by atoms with Crippen molar-refractivity contribution in [3.8, 4) is 5.75 Å². The Labute approximate surface area is 117 Å². The van der Waals surface area contributed by atoms with Crippen molar-refractivity contribution in [1.29, 1.82) is 0 Å². The Balaban J connectivity index is 1.72. The van der Waals surface area contributed by atoms with Gasteiger partial charge in [0, 0.05) is 6.04 Å². The molecule has 1 aliphatic rings. The fraction of sp³-hybridized carbons (Fsp3) is 0.647. The number of phenols is 1. The van der Waals surface area contributed by atoms with Crippen LogP contribution in [0.25, 0.3) is 0 Å². The van der Waals surface area contributed by atoms with Crippen LogP contribution in [-0.4, -0.2) is 17.7 Å². The molecule has 2 nitrogen and oxygen atoms in total. The highest BCUT2D eigenvalue weighted by Gasteiger charge is 2.23. The Morgan fingerprint density at radius 3 is 2.63 bits per heavy atom. The predicted octanol–water partition coefficient (Wildman–Crippen LogP) is 3.88. The Hall–Kier alpha value is -1.02. The van der Waals surface area contributed by atoms with E-state index in [2.05, 4.69) is 19.2 Å². The van der Waals surface area contributed by atoms with Crippen LogP contribution in [0.1, 0.15) is 51.5 Å². The number of benzene rings is 1. The van der Waals surface area contributed by atoms with E-state index in [1.54, 1.807) is 12.1 Å². The van der Waals surface area contributed by atoms with Gasteiger partial charge < -0.3 is 10.4 Å². The summed E-state index contributed by atoms with van der Waals surface area (Å²) < 4.78 is 0. The van der Waals surface area contributed by atoms with Crippen molar-refractivity contribution in [3.05, 3.63) is 29.8 Å². The van der Waals surface area contributed by atoms with E-state index in [0.29, 0.717) is 17.2 Å². The molecule has 2 N–H and O–H groups in total. The lowest BCUT2D eigenvalue weighted by Crippen LogP contribution is -2.30. The van der Waals surface area contributed by atoms with Crippen molar-refractivity contribution in [2.24, 2.45) is 5.41 Å². The van der Waals surface area contributed by atoms with Gasteiger partial charge in [-0.15, -0.1) is 0 Å². The van der Waals surface area contributed by atoms with Crippen LogP contribution in [0, 0.1) is 5.41 Å². The molecule has 0 radical (unpaired) electrons. The minimum Gasteiger partial charge on any atom is -0.508 e. The molecule has 0 aliphatic heterocycles. The van der Waals surface area contributed by atoms with E-state index in [4.69, 9.17) is 0 Å². The van der Waals surface area contributed by atoms with Gasteiger partial charge in [0.2, 0.25) is 0 Å². The zero-order valence-electron chi connectivity index (χ0n) is 12.3. The van der Waals surface area contributed by atoms with Gasteiger partial charge in [0.05, 0.1) is 0 Å². The van der Waals surface area contributed by atoms with Gasteiger partial charge in [-0.25, -0.2) is 0 Å². The molecule has 1 saturated carbocycles. The minimum absolute atomic E-state index is 0.350. The first-order valence-corrected chi connectivity index (χ1v) is 7.56. The van der Waals surface area contributed by atoms with Gasteiger partial charge in [-0.05, 0) is 61.8 Å². The Morgan fingerprint density at radius 1 is 1.16 bits per heavy atom. The highest BCUT2D eigenvalue weighted by Crippen LogP contribution is 2.33. The Bertz CT molecular complexity index is 383. The standard InChI is InChI=1S/C17H27NO/c1-17(2)11-3-4-15(9-12-17)18-13-10-14-5-7-16(19)8-6-14/h5-8,15,18-19H,3-4,9-13H2,1-2H3. The molecule has 1 unspecified atom stereocenters. The molecule has 0 aromatic heterocycles. The summed E-state index contributed by atoms with van der Waals surface area (Å²) in [6, 6.07) is 8.24. The van der Waals surface area contributed by atoms with Crippen molar-refractivity contribution < 1.29 is 5.11 Å². The summed E-state index contributed by atoms with van der Waals surface area (Å²) in [6.45, 7) is 5.83. The van der Waals surface area contributed by atoms with Gasteiger partial charge in [0.25, 0.3) is 0 Å². The summed E-state index contributed by atoms with van der Waals surface area (Å²) in [5.74, 6) is 0.350. The summed E-state index contributed by atoms with van der Waals surface area (Å²) >= 11 is 0. The molecule has 0 amide bonds. The van der Waals surface area contributed by atoms with Gasteiger partial charge in [-0.3, -0.25) is 0 Å². The number of rotatable bonds is 4. The lowest BCUT2D eigenvalue weighted by atomic mass is 9.85. The molecular weight excluding hydrogens is 234 g/mol. The average Bonchev–Trinajstić information content (AvgIpc) is 2.53. The number of nitrogens with one attached hydrogen (secondary N) is 1. The SMILES string of the molecule is CC1(C)CCCC(NCCc2ccc(O)cc2)CC1. The molecule has 2 heteroatoms. The Morgan fingerprint density at radius 2 is 1.89 bits per heavy atom. The molecule has 19 heavy (non-hydrogen) atoms. The second-order valence-electron chi connectivity index (χ2n) is 6.66. The summed E-state index contributed by atoms with van der Waals surface area (Å²) in [5, 5.41) is 13.0. The topological polar surface area (TPSA) is 32.3 Å². The highest BCUT2D eigenvalue weighted by molar-refractivity contribution is 5.25. The van der Waals surface area contributed by atoms with E-state index >= 15 is 0 Å². The predicted molar refractivity (Wildman–Crippen MR) is 80.5 cm³/mol. The molecule has 0 bridgehead atoms. The van der Waals surface area contributed by atoms with Gasteiger partial charge in [-0.2, -0.15) is 0 Å². The first-order chi connectivity index (χ1) is 9.05. The largest absolute Gasteiger partial charge is 0.508 e. The highest BCUT2D eigenvalue weighted by atomic mass is 16.3. The van der Waals surface area contributed by atoms with Gasteiger partial charge in [0.1, 0.15) is 5.75 Å². The normalized spacial score (nSPS) is 22.9. The van der Waals surface area contributed by atoms with Crippen LogP contribution in [0.3, 0.4) is 0 Å². The number of hydrogen-bond acceptors (Lipinski definition) is 2.